The van der Waals surface area contributed by atoms with Crippen LogP contribution >= 0.6 is 34.8 Å². The maximum absolute atomic E-state index is 13.8. The molecule has 1 spiro atoms. The minimum absolute atomic E-state index is 0.0334. The molecular weight excluding hydrogens is 525 g/mol. The number of hydrogen-bond donors (Lipinski definition) is 0. The summed E-state index contributed by atoms with van der Waals surface area (Å²) in [6, 6.07) is 17.7. The Kier molecular flexibility index (Phi) is 5.36. The molecule has 0 aromatic heterocycles. The zero-order valence-electron chi connectivity index (χ0n) is 18.4. The topological polar surface area (TPSA) is 80.8 Å². The first kappa shape index (κ1) is 23.4. The number of carbonyl (C=O) groups is 4. The summed E-state index contributed by atoms with van der Waals surface area (Å²) in [7, 11) is 0. The first-order chi connectivity index (χ1) is 17.2. The molecule has 6 nitrogen and oxygen atoms in total. The van der Waals surface area contributed by atoms with E-state index in [-0.39, 0.29) is 22.7 Å². The lowest BCUT2D eigenvalue weighted by Gasteiger charge is -2.27. The van der Waals surface area contributed by atoms with Crippen molar-refractivity contribution in [3.8, 4) is 0 Å². The van der Waals surface area contributed by atoms with Gasteiger partial charge < -0.3 is 4.74 Å². The number of amides is 2. The van der Waals surface area contributed by atoms with Gasteiger partial charge in [0.25, 0.3) is 0 Å². The van der Waals surface area contributed by atoms with Crippen LogP contribution in [0.2, 0.25) is 15.1 Å². The largest absolute Gasteiger partial charge is 0.349 e. The molecule has 9 heteroatoms. The number of Topliss-reactive ketones (excluding diaryl/α,β-unsaturated/α-hetero) is 2. The van der Waals surface area contributed by atoms with Gasteiger partial charge in [-0.2, -0.15) is 0 Å². The van der Waals surface area contributed by atoms with Crippen molar-refractivity contribution in [3.63, 3.8) is 0 Å². The molecular formula is C27H16Cl3NO5. The number of fused-ring (bicyclic) bond motifs is 3. The summed E-state index contributed by atoms with van der Waals surface area (Å²) < 4.78 is 6.23. The van der Waals surface area contributed by atoms with Crippen LogP contribution in [0.15, 0.2) is 66.7 Å². The Labute approximate surface area is 220 Å². The Hall–Kier alpha value is -3.03. The lowest BCUT2D eigenvalue weighted by molar-refractivity contribution is -0.145. The second-order valence-electron chi connectivity index (χ2n) is 9.04. The third-order valence-electron chi connectivity index (χ3n) is 7.13. The predicted molar refractivity (Wildman–Crippen MR) is 132 cm³/mol. The Morgan fingerprint density at radius 2 is 1.39 bits per heavy atom. The zero-order chi connectivity index (χ0) is 25.4. The zero-order valence-corrected chi connectivity index (χ0v) is 20.7. The highest BCUT2D eigenvalue weighted by Crippen LogP contribution is 2.58. The van der Waals surface area contributed by atoms with Crippen LogP contribution < -0.4 is 0 Å². The smallest absolute Gasteiger partial charge is 0.237 e. The van der Waals surface area contributed by atoms with E-state index in [2.05, 4.69) is 0 Å². The standard InChI is InChI=1S/C27H16Cl3NO5/c28-14-7-5-13(6-8-14)12-31-25(34)20-21(26(31)35)27(23(32)16-3-1-2-4-17(16)24(27)33)36-22(20)18-10-9-15(29)11-19(18)30/h1-11,20-22H,12H2/t20-,21-,22-/m0/s1. The molecule has 0 unspecified atom stereocenters. The lowest BCUT2D eigenvalue weighted by atomic mass is 9.77. The number of rotatable bonds is 3. The van der Waals surface area contributed by atoms with Gasteiger partial charge in [0.1, 0.15) is 0 Å². The van der Waals surface area contributed by atoms with Crippen molar-refractivity contribution in [1.29, 1.82) is 0 Å². The van der Waals surface area contributed by atoms with Gasteiger partial charge in [-0.05, 0) is 29.8 Å². The number of likely N-dealkylation sites (tertiary alicyclic amines) is 1. The molecule has 2 aliphatic heterocycles. The fourth-order valence-corrected chi connectivity index (χ4v) is 6.16. The second-order valence-corrected chi connectivity index (χ2v) is 10.3. The number of nitrogens with zero attached hydrogens (tertiary/aromatic N) is 1. The van der Waals surface area contributed by atoms with Crippen molar-refractivity contribution < 1.29 is 23.9 Å². The highest BCUT2D eigenvalue weighted by molar-refractivity contribution is 6.36. The summed E-state index contributed by atoms with van der Waals surface area (Å²) in [5.74, 6) is -4.88. The molecule has 2 heterocycles. The van der Waals surface area contributed by atoms with Gasteiger partial charge in [0.2, 0.25) is 29.0 Å². The molecule has 0 radical (unpaired) electrons. The first-order valence-corrected chi connectivity index (χ1v) is 12.3. The average Bonchev–Trinajstić information content (AvgIpc) is 3.41. The van der Waals surface area contributed by atoms with Crippen molar-refractivity contribution >= 4 is 58.2 Å². The van der Waals surface area contributed by atoms with E-state index in [1.165, 1.54) is 18.2 Å². The molecule has 0 N–H and O–H groups in total. The Morgan fingerprint density at radius 1 is 0.778 bits per heavy atom. The molecule has 3 aromatic rings. The fraction of sp³-hybridized carbons (Fsp3) is 0.185. The molecule has 0 bridgehead atoms. The normalized spacial score (nSPS) is 24.1. The van der Waals surface area contributed by atoms with Crippen LogP contribution in [-0.2, 0) is 20.9 Å². The highest BCUT2D eigenvalue weighted by Gasteiger charge is 2.74. The Balaban J connectivity index is 1.49. The SMILES string of the molecule is O=C1[C@H]2[C@@H](C(=O)N1Cc1ccc(Cl)cc1)C1(O[C@H]2c2ccc(Cl)cc2Cl)C(=O)c2ccccc2C1=O. The number of hydrogen-bond acceptors (Lipinski definition) is 5. The fourth-order valence-electron chi connectivity index (χ4n) is 5.52. The van der Waals surface area contributed by atoms with E-state index in [1.807, 2.05) is 0 Å². The van der Waals surface area contributed by atoms with Crippen molar-refractivity contribution in [2.24, 2.45) is 11.8 Å². The maximum Gasteiger partial charge on any atom is 0.237 e. The quantitative estimate of drug-likeness (QED) is 0.331. The molecule has 2 amide bonds. The third-order valence-corrected chi connectivity index (χ3v) is 7.95. The van der Waals surface area contributed by atoms with Gasteiger partial charge in [-0.1, -0.05) is 77.3 Å². The van der Waals surface area contributed by atoms with E-state index in [1.54, 1.807) is 48.5 Å². The first-order valence-electron chi connectivity index (χ1n) is 11.1. The van der Waals surface area contributed by atoms with Crippen LogP contribution in [0, 0.1) is 11.8 Å². The van der Waals surface area contributed by atoms with E-state index in [4.69, 9.17) is 39.5 Å². The van der Waals surface area contributed by atoms with Gasteiger partial charge in [0.15, 0.2) is 0 Å². The number of ketones is 2. The highest BCUT2D eigenvalue weighted by atomic mass is 35.5. The number of carbonyl (C=O) groups excluding carboxylic acids is 4. The molecule has 36 heavy (non-hydrogen) atoms. The van der Waals surface area contributed by atoms with Gasteiger partial charge in [0, 0.05) is 31.8 Å². The van der Waals surface area contributed by atoms with Crippen molar-refractivity contribution in [2.75, 3.05) is 0 Å². The van der Waals surface area contributed by atoms with E-state index in [0.29, 0.717) is 21.2 Å². The van der Waals surface area contributed by atoms with Gasteiger partial charge in [-0.3, -0.25) is 24.1 Å². The van der Waals surface area contributed by atoms with Crippen LogP contribution in [0.5, 0.6) is 0 Å². The molecule has 3 aromatic carbocycles. The van der Waals surface area contributed by atoms with E-state index in [9.17, 15) is 19.2 Å². The van der Waals surface area contributed by atoms with Crippen LogP contribution in [0.1, 0.15) is 37.9 Å². The summed E-state index contributed by atoms with van der Waals surface area (Å²) >= 11 is 18.5. The van der Waals surface area contributed by atoms with Crippen LogP contribution in [0.25, 0.3) is 0 Å². The molecule has 2 saturated heterocycles. The number of benzene rings is 3. The van der Waals surface area contributed by atoms with Crippen LogP contribution in [0.3, 0.4) is 0 Å². The molecule has 180 valence electrons. The summed E-state index contributed by atoms with van der Waals surface area (Å²) in [5.41, 5.74) is -0.770. The van der Waals surface area contributed by atoms with Gasteiger partial charge in [-0.25, -0.2) is 0 Å². The lowest BCUT2D eigenvalue weighted by Crippen LogP contribution is -2.50. The van der Waals surface area contributed by atoms with Crippen LogP contribution in [0.4, 0.5) is 0 Å². The van der Waals surface area contributed by atoms with E-state index >= 15 is 0 Å². The summed E-state index contributed by atoms with van der Waals surface area (Å²) in [5, 5.41) is 1.08. The van der Waals surface area contributed by atoms with Gasteiger partial charge in [0.05, 0.1) is 24.5 Å². The molecule has 0 saturated carbocycles. The monoisotopic (exact) mass is 539 g/mol. The van der Waals surface area contributed by atoms with E-state index < -0.39 is 46.9 Å². The molecule has 2 fully saturated rings. The summed E-state index contributed by atoms with van der Waals surface area (Å²) in [4.78, 5) is 56.2. The molecule has 3 atom stereocenters. The minimum atomic E-state index is -2.15. The second kappa shape index (κ2) is 8.25. The van der Waals surface area contributed by atoms with Gasteiger partial charge >= 0.3 is 0 Å². The molecule has 6 rings (SSSR count). The maximum atomic E-state index is 13.8. The van der Waals surface area contributed by atoms with E-state index in [0.717, 1.165) is 4.90 Å². The number of ether oxygens (including phenoxy) is 1. The Morgan fingerprint density at radius 3 is 2.00 bits per heavy atom. The van der Waals surface area contributed by atoms with Gasteiger partial charge in [-0.15, -0.1) is 0 Å². The Bertz CT molecular complexity index is 1450. The van der Waals surface area contributed by atoms with Crippen molar-refractivity contribution in [1.82, 2.24) is 4.90 Å². The average molecular weight is 541 g/mol. The number of halogens is 3. The summed E-state index contributed by atoms with van der Waals surface area (Å²) in [6.07, 6.45) is -1.10. The molecule has 1 aliphatic carbocycles. The minimum Gasteiger partial charge on any atom is -0.349 e. The number of imide groups is 1. The molecule has 3 aliphatic rings. The van der Waals surface area contributed by atoms with Crippen molar-refractivity contribution in [3.05, 3.63) is 104 Å². The van der Waals surface area contributed by atoms with Crippen LogP contribution in [-0.4, -0.2) is 33.9 Å². The third kappa shape index (κ3) is 3.15. The summed E-state index contributed by atoms with van der Waals surface area (Å²) in [6.45, 7) is -0.0334. The predicted octanol–water partition coefficient (Wildman–Crippen LogP) is 5.34. The van der Waals surface area contributed by atoms with Crippen molar-refractivity contribution in [2.45, 2.75) is 18.2 Å².